The van der Waals surface area contributed by atoms with E-state index in [4.69, 9.17) is 16.3 Å². The van der Waals surface area contributed by atoms with Crippen LogP contribution in [0.1, 0.15) is 31.7 Å². The molecule has 2 aromatic rings. The average molecular weight is 389 g/mol. The second kappa shape index (κ2) is 8.67. The maximum absolute atomic E-state index is 12.7. The highest BCUT2D eigenvalue weighted by Crippen LogP contribution is 2.31. The van der Waals surface area contributed by atoms with Crippen molar-refractivity contribution in [1.29, 1.82) is 0 Å². The zero-order valence-corrected chi connectivity index (χ0v) is 16.6. The van der Waals surface area contributed by atoms with E-state index in [0.29, 0.717) is 28.6 Å². The molecule has 27 heavy (non-hydrogen) atoms. The molecule has 144 valence electrons. The molecule has 6 nitrogen and oxygen atoms in total. The van der Waals surface area contributed by atoms with E-state index in [1.807, 2.05) is 19.2 Å². The molecule has 0 spiro atoms. The normalized spacial score (nSPS) is 21.5. The number of halogens is 1. The van der Waals surface area contributed by atoms with Crippen LogP contribution in [0, 0.1) is 5.92 Å². The van der Waals surface area contributed by atoms with Crippen LogP contribution in [0.3, 0.4) is 0 Å². The van der Waals surface area contributed by atoms with E-state index in [9.17, 15) is 4.79 Å². The van der Waals surface area contributed by atoms with Crippen LogP contribution in [-0.2, 0) is 4.79 Å². The number of aromatic nitrogens is 2. The first kappa shape index (κ1) is 19.6. The van der Waals surface area contributed by atoms with Gasteiger partial charge in [-0.15, -0.1) is 0 Å². The highest BCUT2D eigenvalue weighted by Gasteiger charge is 2.31. The Morgan fingerprint density at radius 3 is 2.70 bits per heavy atom. The van der Waals surface area contributed by atoms with Gasteiger partial charge in [-0.1, -0.05) is 24.6 Å². The summed E-state index contributed by atoms with van der Waals surface area (Å²) in [6, 6.07) is 7.12. The van der Waals surface area contributed by atoms with E-state index in [-0.39, 0.29) is 11.9 Å². The minimum Gasteiger partial charge on any atom is -0.481 e. The third kappa shape index (κ3) is 4.96. The molecule has 0 saturated carbocycles. The van der Waals surface area contributed by atoms with Gasteiger partial charge < -0.3 is 10.1 Å². The van der Waals surface area contributed by atoms with Crippen LogP contribution in [0.15, 0.2) is 36.7 Å². The molecule has 1 N–H and O–H groups in total. The summed E-state index contributed by atoms with van der Waals surface area (Å²) in [5, 5.41) is 3.41. The monoisotopic (exact) mass is 388 g/mol. The molecule has 3 heterocycles. The number of rotatable bonds is 5. The number of nitrogens with one attached hydrogen (secondary N) is 1. The number of amides is 1. The Hall–Kier alpha value is -2.18. The van der Waals surface area contributed by atoms with Crippen LogP contribution < -0.4 is 10.1 Å². The van der Waals surface area contributed by atoms with Crippen molar-refractivity contribution in [2.24, 2.45) is 5.92 Å². The van der Waals surface area contributed by atoms with Crippen LogP contribution in [0.4, 0.5) is 5.82 Å². The van der Waals surface area contributed by atoms with Gasteiger partial charge in [0.15, 0.2) is 0 Å². The Balaban J connectivity index is 1.66. The van der Waals surface area contributed by atoms with Gasteiger partial charge in [0.1, 0.15) is 5.82 Å². The average Bonchev–Trinajstić information content (AvgIpc) is 2.68. The predicted octanol–water partition coefficient (Wildman–Crippen LogP) is 3.59. The highest BCUT2D eigenvalue weighted by atomic mass is 35.5. The fourth-order valence-electron chi connectivity index (χ4n) is 3.55. The molecule has 1 aliphatic rings. The maximum Gasteiger partial charge on any atom is 0.242 e. The van der Waals surface area contributed by atoms with Gasteiger partial charge in [-0.25, -0.2) is 9.97 Å². The molecule has 0 radical (unpaired) electrons. The Morgan fingerprint density at radius 2 is 2.07 bits per heavy atom. The minimum atomic E-state index is -0.251. The molecule has 3 atom stereocenters. The second-order valence-corrected chi connectivity index (χ2v) is 7.59. The Labute approximate surface area is 164 Å². The summed E-state index contributed by atoms with van der Waals surface area (Å²) in [6.45, 7) is 5.87. The first-order valence-corrected chi connectivity index (χ1v) is 9.50. The number of carbonyl (C=O) groups is 1. The number of carbonyl (C=O) groups excluding carboxylic acids is 1. The summed E-state index contributed by atoms with van der Waals surface area (Å²) in [5.74, 6) is 1.90. The van der Waals surface area contributed by atoms with Crippen molar-refractivity contribution < 1.29 is 9.53 Å². The molecule has 0 aromatic carbocycles. The minimum absolute atomic E-state index is 0.0643. The van der Waals surface area contributed by atoms with Crippen molar-refractivity contribution >= 4 is 23.3 Å². The molecule has 0 bridgehead atoms. The lowest BCUT2D eigenvalue weighted by Gasteiger charge is -2.39. The lowest BCUT2D eigenvalue weighted by Crippen LogP contribution is -2.48. The number of anilines is 1. The van der Waals surface area contributed by atoms with Gasteiger partial charge in [-0.3, -0.25) is 9.69 Å². The predicted molar refractivity (Wildman–Crippen MR) is 106 cm³/mol. The second-order valence-electron chi connectivity index (χ2n) is 7.15. The lowest BCUT2D eigenvalue weighted by molar-refractivity contribution is -0.121. The number of methoxy groups -OCH3 is 1. The Morgan fingerprint density at radius 1 is 1.26 bits per heavy atom. The fraction of sp³-hybridized carbons (Fsp3) is 0.450. The van der Waals surface area contributed by atoms with Crippen LogP contribution in [0.5, 0.6) is 5.88 Å². The standard InChI is InChI=1S/C20H25ClN4O2/c1-13-8-16(15-4-7-19(27-3)23-9-15)12-25(11-13)14(2)20(26)24-18-6-5-17(21)10-22-18/h4-7,9-10,13-14,16H,8,11-12H2,1-3H3,(H,22,24,26)/t13?,14-,16?/m0/s1. The quantitative estimate of drug-likeness (QED) is 0.847. The van der Waals surface area contributed by atoms with Crippen LogP contribution >= 0.6 is 11.6 Å². The first-order valence-electron chi connectivity index (χ1n) is 9.12. The third-order valence-electron chi connectivity index (χ3n) is 5.03. The molecule has 0 aliphatic carbocycles. The molecular weight excluding hydrogens is 364 g/mol. The van der Waals surface area contributed by atoms with Gasteiger partial charge >= 0.3 is 0 Å². The van der Waals surface area contributed by atoms with Crippen molar-refractivity contribution in [2.45, 2.75) is 32.2 Å². The maximum atomic E-state index is 12.7. The molecular formula is C20H25ClN4O2. The van der Waals surface area contributed by atoms with Crippen molar-refractivity contribution in [3.05, 3.63) is 47.2 Å². The lowest BCUT2D eigenvalue weighted by atomic mass is 9.85. The molecule has 7 heteroatoms. The summed E-state index contributed by atoms with van der Waals surface area (Å²) < 4.78 is 5.14. The van der Waals surface area contributed by atoms with E-state index in [2.05, 4.69) is 33.2 Å². The smallest absolute Gasteiger partial charge is 0.242 e. The summed E-state index contributed by atoms with van der Waals surface area (Å²) >= 11 is 5.85. The molecule has 2 unspecified atom stereocenters. The molecule has 1 aliphatic heterocycles. The molecule has 2 aromatic heterocycles. The number of ether oxygens (including phenoxy) is 1. The summed E-state index contributed by atoms with van der Waals surface area (Å²) in [5.41, 5.74) is 1.18. The zero-order chi connectivity index (χ0) is 19.4. The topological polar surface area (TPSA) is 67.3 Å². The largest absolute Gasteiger partial charge is 0.481 e. The number of piperidine rings is 1. The van der Waals surface area contributed by atoms with Gasteiger partial charge in [0.05, 0.1) is 18.2 Å². The van der Waals surface area contributed by atoms with Gasteiger partial charge in [0.25, 0.3) is 0 Å². The van der Waals surface area contributed by atoms with E-state index < -0.39 is 0 Å². The van der Waals surface area contributed by atoms with Gasteiger partial charge in [0.2, 0.25) is 11.8 Å². The first-order chi connectivity index (χ1) is 13.0. The fourth-order valence-corrected chi connectivity index (χ4v) is 3.66. The number of nitrogens with zero attached hydrogens (tertiary/aromatic N) is 3. The Bertz CT molecular complexity index is 767. The van der Waals surface area contributed by atoms with Crippen LogP contribution in [-0.4, -0.2) is 47.0 Å². The molecule has 1 amide bonds. The van der Waals surface area contributed by atoms with Crippen LogP contribution in [0.25, 0.3) is 0 Å². The van der Waals surface area contributed by atoms with E-state index in [0.717, 1.165) is 19.5 Å². The highest BCUT2D eigenvalue weighted by molar-refractivity contribution is 6.30. The Kier molecular flexibility index (Phi) is 6.29. The third-order valence-corrected chi connectivity index (χ3v) is 5.26. The number of hydrogen-bond acceptors (Lipinski definition) is 5. The van der Waals surface area contributed by atoms with Crippen molar-refractivity contribution in [2.75, 3.05) is 25.5 Å². The molecule has 1 saturated heterocycles. The van der Waals surface area contributed by atoms with Gasteiger partial charge in [0, 0.05) is 31.5 Å². The van der Waals surface area contributed by atoms with Crippen LogP contribution in [0.2, 0.25) is 5.02 Å². The number of hydrogen-bond donors (Lipinski definition) is 1. The van der Waals surface area contributed by atoms with Crippen molar-refractivity contribution in [3.63, 3.8) is 0 Å². The van der Waals surface area contributed by atoms with Gasteiger partial charge in [-0.05, 0) is 42.9 Å². The van der Waals surface area contributed by atoms with E-state index in [1.165, 1.54) is 11.8 Å². The molecule has 3 rings (SSSR count). The number of likely N-dealkylation sites (tertiary alicyclic amines) is 1. The van der Waals surface area contributed by atoms with Crippen molar-refractivity contribution in [1.82, 2.24) is 14.9 Å². The summed E-state index contributed by atoms with van der Waals surface area (Å²) in [6.07, 6.45) is 4.48. The van der Waals surface area contributed by atoms with Crippen molar-refractivity contribution in [3.8, 4) is 5.88 Å². The van der Waals surface area contributed by atoms with E-state index >= 15 is 0 Å². The summed E-state index contributed by atoms with van der Waals surface area (Å²) in [7, 11) is 1.61. The van der Waals surface area contributed by atoms with Gasteiger partial charge in [-0.2, -0.15) is 0 Å². The van der Waals surface area contributed by atoms with E-state index in [1.54, 1.807) is 19.2 Å². The molecule has 1 fully saturated rings. The number of pyridine rings is 2. The summed E-state index contributed by atoms with van der Waals surface area (Å²) in [4.78, 5) is 23.4. The SMILES string of the molecule is COc1ccc(C2CC(C)CN([C@@H](C)C(=O)Nc3ccc(Cl)cn3)C2)cn1. The zero-order valence-electron chi connectivity index (χ0n) is 15.9.